The minimum atomic E-state index is -0.178. The van der Waals surface area contributed by atoms with Crippen LogP contribution in [0.1, 0.15) is 19.4 Å². The highest BCUT2D eigenvalue weighted by atomic mass is 16.6. The quantitative estimate of drug-likeness (QED) is 0.846. The van der Waals surface area contributed by atoms with Crippen molar-refractivity contribution >= 4 is 6.09 Å². The number of amides is 1. The Morgan fingerprint density at radius 1 is 1.20 bits per heavy atom. The van der Waals surface area contributed by atoms with E-state index >= 15 is 0 Å². The number of benzene rings is 1. The molecule has 4 heteroatoms. The molecule has 0 unspecified atom stereocenters. The van der Waals surface area contributed by atoms with Crippen LogP contribution in [0.2, 0.25) is 0 Å². The summed E-state index contributed by atoms with van der Waals surface area (Å²) < 4.78 is 5.04. The first-order valence-corrected chi connectivity index (χ1v) is 7.40. The minimum Gasteiger partial charge on any atom is -0.450 e. The van der Waals surface area contributed by atoms with Gasteiger partial charge in [-0.3, -0.25) is 4.90 Å². The Morgan fingerprint density at radius 3 is 2.45 bits per heavy atom. The van der Waals surface area contributed by atoms with Gasteiger partial charge in [-0.2, -0.15) is 0 Å². The first-order chi connectivity index (χ1) is 9.70. The average molecular weight is 276 g/mol. The van der Waals surface area contributed by atoms with Crippen molar-refractivity contribution in [1.82, 2.24) is 9.80 Å². The van der Waals surface area contributed by atoms with Crippen LogP contribution in [-0.4, -0.2) is 54.7 Å². The van der Waals surface area contributed by atoms with E-state index in [4.69, 9.17) is 4.74 Å². The van der Waals surface area contributed by atoms with Crippen molar-refractivity contribution in [1.29, 1.82) is 0 Å². The van der Waals surface area contributed by atoms with Gasteiger partial charge in [0.2, 0.25) is 0 Å². The number of ether oxygens (including phenoxy) is 1. The highest BCUT2D eigenvalue weighted by Crippen LogP contribution is 2.12. The molecule has 2 rings (SSSR count). The van der Waals surface area contributed by atoms with Crippen LogP contribution in [0.4, 0.5) is 4.79 Å². The molecule has 4 nitrogen and oxygen atoms in total. The molecule has 0 radical (unpaired) electrons. The SMILES string of the molecule is CCOC(=O)N1CCN([C@@H](C)Cc2ccccc2)CC1. The summed E-state index contributed by atoms with van der Waals surface area (Å²) >= 11 is 0. The summed E-state index contributed by atoms with van der Waals surface area (Å²) in [5.74, 6) is 0. The lowest BCUT2D eigenvalue weighted by molar-refractivity contribution is 0.0687. The monoisotopic (exact) mass is 276 g/mol. The van der Waals surface area contributed by atoms with Gasteiger partial charge in [0.05, 0.1) is 6.61 Å². The Morgan fingerprint density at radius 2 is 1.85 bits per heavy atom. The molecule has 110 valence electrons. The third-order valence-corrected chi connectivity index (χ3v) is 3.84. The van der Waals surface area contributed by atoms with E-state index in [1.54, 1.807) is 4.90 Å². The summed E-state index contributed by atoms with van der Waals surface area (Å²) in [7, 11) is 0. The van der Waals surface area contributed by atoms with E-state index in [-0.39, 0.29) is 6.09 Å². The van der Waals surface area contributed by atoms with Crippen molar-refractivity contribution in [3.63, 3.8) is 0 Å². The van der Waals surface area contributed by atoms with Gasteiger partial charge in [0.15, 0.2) is 0 Å². The van der Waals surface area contributed by atoms with Crippen molar-refractivity contribution in [2.45, 2.75) is 26.3 Å². The van der Waals surface area contributed by atoms with E-state index in [9.17, 15) is 4.79 Å². The van der Waals surface area contributed by atoms with Crippen LogP contribution in [0.15, 0.2) is 30.3 Å². The molecule has 1 aliphatic rings. The summed E-state index contributed by atoms with van der Waals surface area (Å²) in [6.45, 7) is 7.92. The van der Waals surface area contributed by atoms with Gasteiger partial charge in [-0.25, -0.2) is 4.79 Å². The zero-order valence-corrected chi connectivity index (χ0v) is 12.4. The van der Waals surface area contributed by atoms with Gasteiger partial charge in [0, 0.05) is 32.2 Å². The number of carbonyl (C=O) groups excluding carboxylic acids is 1. The van der Waals surface area contributed by atoms with Crippen LogP contribution in [0.3, 0.4) is 0 Å². The second kappa shape index (κ2) is 7.29. The maximum Gasteiger partial charge on any atom is 0.409 e. The van der Waals surface area contributed by atoms with Gasteiger partial charge in [-0.1, -0.05) is 30.3 Å². The molecule has 1 fully saturated rings. The molecule has 0 bridgehead atoms. The molecule has 1 saturated heterocycles. The molecular weight excluding hydrogens is 252 g/mol. The summed E-state index contributed by atoms with van der Waals surface area (Å²) in [4.78, 5) is 15.9. The Labute approximate surface area is 121 Å². The van der Waals surface area contributed by atoms with Crippen molar-refractivity contribution < 1.29 is 9.53 Å². The number of nitrogens with zero attached hydrogens (tertiary/aromatic N) is 2. The Bertz CT molecular complexity index is 414. The van der Waals surface area contributed by atoms with Crippen LogP contribution >= 0.6 is 0 Å². The van der Waals surface area contributed by atoms with Gasteiger partial charge < -0.3 is 9.64 Å². The first kappa shape index (κ1) is 14.9. The van der Waals surface area contributed by atoms with Crippen LogP contribution in [-0.2, 0) is 11.2 Å². The van der Waals surface area contributed by atoms with Crippen LogP contribution in [0.5, 0.6) is 0 Å². The smallest absolute Gasteiger partial charge is 0.409 e. The molecule has 1 atom stereocenters. The third-order valence-electron chi connectivity index (χ3n) is 3.84. The molecule has 1 heterocycles. The third kappa shape index (κ3) is 3.97. The standard InChI is InChI=1S/C16H24N2O2/c1-3-20-16(19)18-11-9-17(10-12-18)14(2)13-15-7-5-4-6-8-15/h4-8,14H,3,9-13H2,1-2H3/t14-/m0/s1. The van der Waals surface area contributed by atoms with Gasteiger partial charge in [-0.05, 0) is 25.8 Å². The summed E-state index contributed by atoms with van der Waals surface area (Å²) in [6, 6.07) is 11.1. The van der Waals surface area contributed by atoms with E-state index in [0.717, 1.165) is 32.6 Å². The molecule has 0 N–H and O–H groups in total. The Hall–Kier alpha value is -1.55. The number of piperazine rings is 1. The lowest BCUT2D eigenvalue weighted by atomic mass is 10.1. The van der Waals surface area contributed by atoms with Crippen molar-refractivity contribution in [3.05, 3.63) is 35.9 Å². The molecule has 1 aliphatic heterocycles. The summed E-state index contributed by atoms with van der Waals surface area (Å²) in [5, 5.41) is 0. The zero-order valence-electron chi connectivity index (χ0n) is 12.4. The van der Waals surface area contributed by atoms with E-state index in [0.29, 0.717) is 12.6 Å². The minimum absolute atomic E-state index is 0.178. The highest BCUT2D eigenvalue weighted by Gasteiger charge is 2.24. The molecule has 0 saturated carbocycles. The lowest BCUT2D eigenvalue weighted by Crippen LogP contribution is -2.51. The Kier molecular flexibility index (Phi) is 5.41. The average Bonchev–Trinajstić information content (AvgIpc) is 2.48. The Balaban J connectivity index is 1.80. The van der Waals surface area contributed by atoms with Crippen LogP contribution in [0, 0.1) is 0 Å². The molecule has 0 spiro atoms. The predicted octanol–water partition coefficient (Wildman–Crippen LogP) is 2.39. The summed E-state index contributed by atoms with van der Waals surface area (Å²) in [5.41, 5.74) is 1.37. The molecule has 1 amide bonds. The van der Waals surface area contributed by atoms with E-state index in [1.165, 1.54) is 5.56 Å². The molecule has 1 aromatic carbocycles. The maximum atomic E-state index is 11.7. The molecule has 1 aromatic rings. The van der Waals surface area contributed by atoms with E-state index in [1.807, 2.05) is 13.0 Å². The molecule has 20 heavy (non-hydrogen) atoms. The van der Waals surface area contributed by atoms with Crippen molar-refractivity contribution in [2.24, 2.45) is 0 Å². The number of hydrogen-bond donors (Lipinski definition) is 0. The van der Waals surface area contributed by atoms with Gasteiger partial charge >= 0.3 is 6.09 Å². The van der Waals surface area contributed by atoms with E-state index in [2.05, 4.69) is 36.1 Å². The van der Waals surface area contributed by atoms with Gasteiger partial charge in [0.25, 0.3) is 0 Å². The molecule has 0 aliphatic carbocycles. The zero-order chi connectivity index (χ0) is 14.4. The maximum absolute atomic E-state index is 11.7. The second-order valence-electron chi connectivity index (χ2n) is 5.26. The fourth-order valence-electron chi connectivity index (χ4n) is 2.64. The first-order valence-electron chi connectivity index (χ1n) is 7.40. The molecular formula is C16H24N2O2. The number of hydrogen-bond acceptors (Lipinski definition) is 3. The topological polar surface area (TPSA) is 32.8 Å². The van der Waals surface area contributed by atoms with E-state index < -0.39 is 0 Å². The fourth-order valence-corrected chi connectivity index (χ4v) is 2.64. The molecule has 0 aromatic heterocycles. The number of carbonyl (C=O) groups is 1. The largest absolute Gasteiger partial charge is 0.450 e. The normalized spacial score (nSPS) is 17.8. The van der Waals surface area contributed by atoms with Crippen molar-refractivity contribution in [3.8, 4) is 0 Å². The summed E-state index contributed by atoms with van der Waals surface area (Å²) in [6.07, 6.45) is 0.878. The van der Waals surface area contributed by atoms with Crippen LogP contribution < -0.4 is 0 Å². The van der Waals surface area contributed by atoms with Crippen LogP contribution in [0.25, 0.3) is 0 Å². The number of rotatable bonds is 4. The predicted molar refractivity (Wildman–Crippen MR) is 79.8 cm³/mol. The van der Waals surface area contributed by atoms with Gasteiger partial charge in [0.1, 0.15) is 0 Å². The van der Waals surface area contributed by atoms with Gasteiger partial charge in [-0.15, -0.1) is 0 Å². The second-order valence-corrected chi connectivity index (χ2v) is 5.26. The lowest BCUT2D eigenvalue weighted by Gasteiger charge is -2.37. The highest BCUT2D eigenvalue weighted by molar-refractivity contribution is 5.67. The fraction of sp³-hybridized carbons (Fsp3) is 0.562. The van der Waals surface area contributed by atoms with Crippen molar-refractivity contribution in [2.75, 3.05) is 32.8 Å².